The van der Waals surface area contributed by atoms with Crippen molar-refractivity contribution in [1.82, 2.24) is 10.3 Å². The second kappa shape index (κ2) is 7.57. The third-order valence-electron chi connectivity index (χ3n) is 5.17. The van der Waals surface area contributed by atoms with Crippen LogP contribution in [0.4, 0.5) is 11.5 Å². The molecule has 2 saturated carbocycles. The molecule has 0 radical (unpaired) electrons. The van der Waals surface area contributed by atoms with E-state index < -0.39 is 0 Å². The maximum atomic E-state index is 12.6. The van der Waals surface area contributed by atoms with Gasteiger partial charge in [-0.3, -0.25) is 4.79 Å². The van der Waals surface area contributed by atoms with Crippen LogP contribution in [0.2, 0.25) is 5.02 Å². The lowest BCUT2D eigenvalue weighted by atomic mass is 9.85. The summed E-state index contributed by atoms with van der Waals surface area (Å²) in [6, 6.07) is 7.67. The highest BCUT2D eigenvalue weighted by Crippen LogP contribution is 2.42. The van der Waals surface area contributed by atoms with Gasteiger partial charge in [0, 0.05) is 22.9 Å². The lowest BCUT2D eigenvalue weighted by Gasteiger charge is -2.25. The van der Waals surface area contributed by atoms with Gasteiger partial charge in [0.05, 0.1) is 10.6 Å². The van der Waals surface area contributed by atoms with Crippen LogP contribution < -0.4 is 10.6 Å². The predicted octanol–water partition coefficient (Wildman–Crippen LogP) is 5.65. The standard InChI is InChI=1S/C20H21BrClN3O/c21-17-8-14(6-7-18(17)22)25-19-9-15(13-4-5-13)16(11-23-19)20(26)24-10-12-2-1-3-12/h6-9,11-13H,1-5,10H2,(H,23,25)(H,24,26). The molecule has 136 valence electrons. The smallest absolute Gasteiger partial charge is 0.253 e. The molecule has 0 spiro atoms. The van der Waals surface area contributed by atoms with Crippen molar-refractivity contribution < 1.29 is 4.79 Å². The Bertz CT molecular complexity index is 834. The summed E-state index contributed by atoms with van der Waals surface area (Å²) in [5, 5.41) is 7.05. The van der Waals surface area contributed by atoms with Gasteiger partial charge in [0.25, 0.3) is 5.91 Å². The highest BCUT2D eigenvalue weighted by Gasteiger charge is 2.29. The van der Waals surface area contributed by atoms with Crippen molar-refractivity contribution in [2.24, 2.45) is 5.92 Å². The summed E-state index contributed by atoms with van der Waals surface area (Å²) in [5.41, 5.74) is 2.72. The summed E-state index contributed by atoms with van der Waals surface area (Å²) in [4.78, 5) is 17.1. The van der Waals surface area contributed by atoms with Crippen LogP contribution in [0.5, 0.6) is 0 Å². The zero-order valence-electron chi connectivity index (χ0n) is 14.4. The normalized spacial score (nSPS) is 16.8. The van der Waals surface area contributed by atoms with E-state index in [1.165, 1.54) is 19.3 Å². The Hall–Kier alpha value is -1.59. The highest BCUT2D eigenvalue weighted by atomic mass is 79.9. The van der Waals surface area contributed by atoms with Crippen molar-refractivity contribution >= 4 is 44.9 Å². The van der Waals surface area contributed by atoms with Crippen molar-refractivity contribution in [3.8, 4) is 0 Å². The molecule has 0 unspecified atom stereocenters. The molecule has 1 amide bonds. The van der Waals surface area contributed by atoms with E-state index in [0.717, 1.165) is 46.5 Å². The molecule has 2 aromatic rings. The Morgan fingerprint density at radius 3 is 2.69 bits per heavy atom. The maximum Gasteiger partial charge on any atom is 0.253 e. The molecule has 1 heterocycles. The van der Waals surface area contributed by atoms with E-state index in [9.17, 15) is 4.79 Å². The number of halogens is 2. The molecule has 2 aliphatic rings. The fourth-order valence-corrected chi connectivity index (χ4v) is 3.71. The van der Waals surface area contributed by atoms with Crippen molar-refractivity contribution in [3.63, 3.8) is 0 Å². The van der Waals surface area contributed by atoms with E-state index in [1.807, 2.05) is 24.3 Å². The first-order chi connectivity index (χ1) is 12.6. The number of pyridine rings is 1. The van der Waals surface area contributed by atoms with Crippen LogP contribution in [-0.2, 0) is 0 Å². The number of carbonyl (C=O) groups excluding carboxylic acids is 1. The third kappa shape index (κ3) is 4.04. The lowest BCUT2D eigenvalue weighted by molar-refractivity contribution is 0.0937. The van der Waals surface area contributed by atoms with Gasteiger partial charge >= 0.3 is 0 Å². The number of amides is 1. The van der Waals surface area contributed by atoms with E-state index in [2.05, 4.69) is 31.5 Å². The number of nitrogens with zero attached hydrogens (tertiary/aromatic N) is 1. The predicted molar refractivity (Wildman–Crippen MR) is 108 cm³/mol. The van der Waals surface area contributed by atoms with Crippen LogP contribution in [-0.4, -0.2) is 17.4 Å². The number of hydrogen-bond donors (Lipinski definition) is 2. The van der Waals surface area contributed by atoms with Crippen molar-refractivity contribution in [3.05, 3.63) is 51.1 Å². The molecule has 2 N–H and O–H groups in total. The highest BCUT2D eigenvalue weighted by molar-refractivity contribution is 9.10. The molecule has 6 heteroatoms. The molecule has 1 aromatic carbocycles. The topological polar surface area (TPSA) is 54.0 Å². The van der Waals surface area contributed by atoms with Crippen LogP contribution in [0, 0.1) is 5.92 Å². The van der Waals surface area contributed by atoms with Crippen LogP contribution in [0.25, 0.3) is 0 Å². The van der Waals surface area contributed by atoms with E-state index in [1.54, 1.807) is 6.20 Å². The second-order valence-electron chi connectivity index (χ2n) is 7.19. The van der Waals surface area contributed by atoms with Gasteiger partial charge in [-0.25, -0.2) is 4.98 Å². The molecule has 2 fully saturated rings. The number of aromatic nitrogens is 1. The number of hydrogen-bond acceptors (Lipinski definition) is 3. The second-order valence-corrected chi connectivity index (χ2v) is 8.45. The van der Waals surface area contributed by atoms with Gasteiger partial charge in [-0.15, -0.1) is 0 Å². The Morgan fingerprint density at radius 2 is 2.04 bits per heavy atom. The van der Waals surface area contributed by atoms with Crippen LogP contribution in [0.3, 0.4) is 0 Å². The summed E-state index contributed by atoms with van der Waals surface area (Å²) in [6.07, 6.45) is 7.73. The van der Waals surface area contributed by atoms with Gasteiger partial charge < -0.3 is 10.6 Å². The molecule has 1 aromatic heterocycles. The number of benzene rings is 1. The minimum Gasteiger partial charge on any atom is -0.352 e. The van der Waals surface area contributed by atoms with Crippen LogP contribution >= 0.6 is 27.5 Å². The quantitative estimate of drug-likeness (QED) is 0.618. The molecule has 26 heavy (non-hydrogen) atoms. The van der Waals surface area contributed by atoms with E-state index >= 15 is 0 Å². The fraction of sp³-hybridized carbons (Fsp3) is 0.400. The Morgan fingerprint density at radius 1 is 1.23 bits per heavy atom. The van der Waals surface area contributed by atoms with Gasteiger partial charge in [-0.2, -0.15) is 0 Å². The van der Waals surface area contributed by atoms with Gasteiger partial charge in [-0.05, 0) is 83.3 Å². The first-order valence-electron chi connectivity index (χ1n) is 9.10. The zero-order chi connectivity index (χ0) is 18.1. The SMILES string of the molecule is O=C(NCC1CCC1)c1cnc(Nc2ccc(Cl)c(Br)c2)cc1C1CC1. The van der Waals surface area contributed by atoms with E-state index in [-0.39, 0.29) is 5.91 Å². The first kappa shape index (κ1) is 17.8. The molecule has 0 bridgehead atoms. The van der Waals surface area contributed by atoms with Crippen LogP contribution in [0.15, 0.2) is 34.9 Å². The molecule has 0 saturated heterocycles. The molecule has 0 aliphatic heterocycles. The summed E-state index contributed by atoms with van der Waals surface area (Å²) >= 11 is 9.48. The minimum atomic E-state index is 0.00656. The number of anilines is 2. The van der Waals surface area contributed by atoms with Crippen molar-refractivity contribution in [2.45, 2.75) is 38.0 Å². The van der Waals surface area contributed by atoms with Gasteiger partial charge in [0.2, 0.25) is 0 Å². The third-order valence-corrected chi connectivity index (χ3v) is 6.38. The summed E-state index contributed by atoms with van der Waals surface area (Å²) in [6.45, 7) is 0.780. The van der Waals surface area contributed by atoms with Crippen LogP contribution in [0.1, 0.15) is 53.9 Å². The summed E-state index contributed by atoms with van der Waals surface area (Å²) in [5.74, 6) is 1.88. The molecule has 2 aliphatic carbocycles. The molecule has 4 rings (SSSR count). The minimum absolute atomic E-state index is 0.00656. The average molecular weight is 435 g/mol. The summed E-state index contributed by atoms with van der Waals surface area (Å²) < 4.78 is 0.832. The monoisotopic (exact) mass is 433 g/mol. The van der Waals surface area contributed by atoms with Crippen molar-refractivity contribution in [2.75, 3.05) is 11.9 Å². The first-order valence-corrected chi connectivity index (χ1v) is 10.3. The number of carbonyl (C=O) groups is 1. The Balaban J connectivity index is 1.51. The Kier molecular flexibility index (Phi) is 5.18. The lowest BCUT2D eigenvalue weighted by Crippen LogP contribution is -2.32. The van der Waals surface area contributed by atoms with Gasteiger partial charge in [0.15, 0.2) is 0 Å². The van der Waals surface area contributed by atoms with E-state index in [0.29, 0.717) is 16.9 Å². The molecule has 0 atom stereocenters. The fourth-order valence-electron chi connectivity index (χ4n) is 3.21. The zero-order valence-corrected chi connectivity index (χ0v) is 16.7. The summed E-state index contributed by atoms with van der Waals surface area (Å²) in [7, 11) is 0. The number of rotatable bonds is 6. The largest absolute Gasteiger partial charge is 0.352 e. The van der Waals surface area contributed by atoms with Crippen molar-refractivity contribution in [1.29, 1.82) is 0 Å². The Labute approximate surface area is 166 Å². The molecule has 4 nitrogen and oxygen atoms in total. The average Bonchev–Trinajstić information content (AvgIpc) is 3.41. The number of nitrogens with one attached hydrogen (secondary N) is 2. The van der Waals surface area contributed by atoms with Gasteiger partial charge in [-0.1, -0.05) is 18.0 Å². The van der Waals surface area contributed by atoms with Gasteiger partial charge in [0.1, 0.15) is 5.82 Å². The van der Waals surface area contributed by atoms with E-state index in [4.69, 9.17) is 11.6 Å². The maximum absolute atomic E-state index is 12.6. The molecular formula is C20H21BrClN3O. The molecular weight excluding hydrogens is 414 g/mol.